The Kier molecular flexibility index (Phi) is 5.30. The molecule has 3 rings (SSSR count). The first-order chi connectivity index (χ1) is 12.8. The van der Waals surface area contributed by atoms with Gasteiger partial charge in [-0.3, -0.25) is 4.68 Å². The molecule has 27 heavy (non-hydrogen) atoms. The normalized spacial score (nSPS) is 11.5. The molecule has 0 unspecified atom stereocenters. The van der Waals surface area contributed by atoms with Crippen molar-refractivity contribution in [2.75, 3.05) is 6.26 Å². The highest BCUT2D eigenvalue weighted by molar-refractivity contribution is 7.90. The molecule has 1 aromatic heterocycles. The summed E-state index contributed by atoms with van der Waals surface area (Å²) in [6, 6.07) is 14.7. The van der Waals surface area contributed by atoms with E-state index in [0.29, 0.717) is 17.9 Å². The highest BCUT2D eigenvalue weighted by Crippen LogP contribution is 2.35. The minimum atomic E-state index is -3.26. The van der Waals surface area contributed by atoms with Crippen LogP contribution in [0.1, 0.15) is 11.3 Å². The van der Waals surface area contributed by atoms with Crippen molar-refractivity contribution < 1.29 is 13.5 Å². The van der Waals surface area contributed by atoms with Crippen LogP contribution in [0.15, 0.2) is 66.1 Å². The third kappa shape index (κ3) is 3.86. The van der Waals surface area contributed by atoms with Crippen LogP contribution in [0.2, 0.25) is 0 Å². The molecule has 0 spiro atoms. The van der Waals surface area contributed by atoms with Crippen LogP contribution in [0, 0.1) is 6.92 Å². The summed E-state index contributed by atoms with van der Waals surface area (Å²) in [7, 11) is -3.26. The summed E-state index contributed by atoms with van der Waals surface area (Å²) in [5.41, 5.74) is 5.11. The number of hydrogen-bond acceptors (Lipinski definition) is 4. The van der Waals surface area contributed by atoms with Gasteiger partial charge in [-0.05, 0) is 24.6 Å². The molecule has 0 aliphatic rings. The van der Waals surface area contributed by atoms with E-state index in [0.717, 1.165) is 22.3 Å². The molecule has 1 N–H and O–H groups in total. The standard InChI is InChI=1S/C21H22N2O3S/c1-4-13-23-19(14-24)20(16-7-5-15(2)6-8-16)21(22-23)17-9-11-18(12-10-17)27(3,25)26/h4-12,24H,1,13-14H2,2-3H3. The maximum absolute atomic E-state index is 11.7. The van der Waals surface area contributed by atoms with Gasteiger partial charge >= 0.3 is 0 Å². The molecule has 0 aliphatic carbocycles. The van der Waals surface area contributed by atoms with Gasteiger partial charge in [-0.1, -0.05) is 48.0 Å². The first kappa shape index (κ1) is 19.1. The summed E-state index contributed by atoms with van der Waals surface area (Å²) in [6.07, 6.45) is 2.91. The van der Waals surface area contributed by atoms with Crippen LogP contribution < -0.4 is 0 Å². The quantitative estimate of drug-likeness (QED) is 0.661. The van der Waals surface area contributed by atoms with Gasteiger partial charge in [0.25, 0.3) is 0 Å². The maximum Gasteiger partial charge on any atom is 0.175 e. The average Bonchev–Trinajstić information content (AvgIpc) is 3.00. The number of allylic oxidation sites excluding steroid dienone is 1. The topological polar surface area (TPSA) is 72.2 Å². The van der Waals surface area contributed by atoms with E-state index in [1.54, 1.807) is 35.0 Å². The molecule has 0 radical (unpaired) electrons. The van der Waals surface area contributed by atoms with Gasteiger partial charge in [-0.25, -0.2) is 8.42 Å². The Bertz CT molecular complexity index is 1060. The second-order valence-corrected chi connectivity index (χ2v) is 8.48. The molecule has 140 valence electrons. The van der Waals surface area contributed by atoms with Crippen molar-refractivity contribution in [2.24, 2.45) is 0 Å². The first-order valence-corrected chi connectivity index (χ1v) is 10.4. The molecule has 2 aromatic carbocycles. The molecule has 0 fully saturated rings. The lowest BCUT2D eigenvalue weighted by atomic mass is 9.98. The van der Waals surface area contributed by atoms with Crippen molar-refractivity contribution in [3.63, 3.8) is 0 Å². The van der Waals surface area contributed by atoms with Crippen LogP contribution in [0.25, 0.3) is 22.4 Å². The number of aromatic nitrogens is 2. The fourth-order valence-corrected chi connectivity index (χ4v) is 3.65. The van der Waals surface area contributed by atoms with E-state index < -0.39 is 9.84 Å². The van der Waals surface area contributed by atoms with E-state index in [1.165, 1.54) is 6.26 Å². The van der Waals surface area contributed by atoms with Crippen molar-refractivity contribution in [1.82, 2.24) is 9.78 Å². The monoisotopic (exact) mass is 382 g/mol. The molecular weight excluding hydrogens is 360 g/mol. The third-order valence-corrected chi connectivity index (χ3v) is 5.53. The highest BCUT2D eigenvalue weighted by atomic mass is 32.2. The van der Waals surface area contributed by atoms with Crippen molar-refractivity contribution in [3.8, 4) is 22.4 Å². The SMILES string of the molecule is C=CCn1nc(-c2ccc(S(C)(=O)=O)cc2)c(-c2ccc(C)cc2)c1CO. The second-order valence-electron chi connectivity index (χ2n) is 6.46. The zero-order valence-corrected chi connectivity index (χ0v) is 16.2. The number of aliphatic hydroxyl groups is 1. The van der Waals surface area contributed by atoms with E-state index in [2.05, 4.69) is 11.7 Å². The molecule has 3 aromatic rings. The molecule has 1 heterocycles. The zero-order chi connectivity index (χ0) is 19.6. The first-order valence-electron chi connectivity index (χ1n) is 8.54. The summed E-state index contributed by atoms with van der Waals surface area (Å²) in [5.74, 6) is 0. The Labute approximate surface area is 159 Å². The number of sulfone groups is 1. The van der Waals surface area contributed by atoms with E-state index in [1.807, 2.05) is 31.2 Å². The fraction of sp³-hybridized carbons (Fsp3) is 0.190. The van der Waals surface area contributed by atoms with Crippen molar-refractivity contribution >= 4 is 9.84 Å². The lowest BCUT2D eigenvalue weighted by molar-refractivity contribution is 0.270. The summed E-state index contributed by atoms with van der Waals surface area (Å²) >= 11 is 0. The zero-order valence-electron chi connectivity index (χ0n) is 15.4. The van der Waals surface area contributed by atoms with Gasteiger partial charge in [0.1, 0.15) is 5.69 Å². The molecule has 0 aliphatic heterocycles. The Morgan fingerprint density at radius 3 is 2.19 bits per heavy atom. The molecule has 6 heteroatoms. The van der Waals surface area contributed by atoms with Crippen LogP contribution in [0.4, 0.5) is 0 Å². The highest BCUT2D eigenvalue weighted by Gasteiger charge is 2.20. The minimum absolute atomic E-state index is 0.161. The fourth-order valence-electron chi connectivity index (χ4n) is 3.02. The predicted molar refractivity (Wildman–Crippen MR) is 107 cm³/mol. The van der Waals surface area contributed by atoms with Gasteiger partial charge < -0.3 is 5.11 Å². The third-order valence-electron chi connectivity index (χ3n) is 4.41. The Hall–Kier alpha value is -2.70. The van der Waals surface area contributed by atoms with Crippen molar-refractivity contribution in [1.29, 1.82) is 0 Å². The number of aryl methyl sites for hydroxylation is 1. The van der Waals surface area contributed by atoms with Gasteiger partial charge in [0.05, 0.1) is 23.7 Å². The van der Waals surface area contributed by atoms with Crippen LogP contribution in [0.3, 0.4) is 0 Å². The summed E-state index contributed by atoms with van der Waals surface area (Å²) in [4.78, 5) is 0.260. The van der Waals surface area contributed by atoms with E-state index in [4.69, 9.17) is 0 Å². The van der Waals surface area contributed by atoms with Crippen LogP contribution in [-0.4, -0.2) is 29.6 Å². The van der Waals surface area contributed by atoms with E-state index in [-0.39, 0.29) is 11.5 Å². The smallest absolute Gasteiger partial charge is 0.175 e. The molecular formula is C21H22N2O3S. The number of aliphatic hydroxyl groups excluding tert-OH is 1. The van der Waals surface area contributed by atoms with Gasteiger partial charge in [-0.2, -0.15) is 5.10 Å². The number of rotatable bonds is 6. The Morgan fingerprint density at radius 1 is 1.07 bits per heavy atom. The van der Waals surface area contributed by atoms with Crippen molar-refractivity contribution in [3.05, 3.63) is 72.4 Å². The van der Waals surface area contributed by atoms with E-state index >= 15 is 0 Å². The van der Waals surface area contributed by atoms with Crippen molar-refractivity contribution in [2.45, 2.75) is 25.0 Å². The molecule has 0 saturated carbocycles. The van der Waals surface area contributed by atoms with Gasteiger partial charge in [0, 0.05) is 17.4 Å². The molecule has 0 amide bonds. The Balaban J connectivity index is 2.22. The van der Waals surface area contributed by atoms with Crippen LogP contribution in [0.5, 0.6) is 0 Å². The van der Waals surface area contributed by atoms with E-state index in [9.17, 15) is 13.5 Å². The maximum atomic E-state index is 11.7. The number of nitrogens with zero attached hydrogens (tertiary/aromatic N) is 2. The number of hydrogen-bond donors (Lipinski definition) is 1. The minimum Gasteiger partial charge on any atom is -0.390 e. The molecule has 5 nitrogen and oxygen atoms in total. The van der Waals surface area contributed by atoms with Gasteiger partial charge in [-0.15, -0.1) is 6.58 Å². The lowest BCUT2D eigenvalue weighted by Gasteiger charge is -2.07. The van der Waals surface area contributed by atoms with Gasteiger partial charge in [0.15, 0.2) is 9.84 Å². The summed E-state index contributed by atoms with van der Waals surface area (Å²) in [5, 5.41) is 14.6. The summed E-state index contributed by atoms with van der Waals surface area (Å²) in [6.45, 7) is 6.08. The van der Waals surface area contributed by atoms with Crippen LogP contribution >= 0.6 is 0 Å². The molecule has 0 atom stereocenters. The number of benzene rings is 2. The average molecular weight is 382 g/mol. The van der Waals surface area contributed by atoms with Gasteiger partial charge in [0.2, 0.25) is 0 Å². The lowest BCUT2D eigenvalue weighted by Crippen LogP contribution is -2.03. The van der Waals surface area contributed by atoms with Crippen LogP contribution in [-0.2, 0) is 23.0 Å². The largest absolute Gasteiger partial charge is 0.390 e. The molecule has 0 bridgehead atoms. The molecule has 0 saturated heterocycles. The Morgan fingerprint density at radius 2 is 1.67 bits per heavy atom. The second kappa shape index (κ2) is 7.50. The predicted octanol–water partition coefficient (Wildman–Crippen LogP) is 3.61. The summed E-state index contributed by atoms with van der Waals surface area (Å²) < 4.78 is 25.2.